The van der Waals surface area contributed by atoms with Crippen LogP contribution in [0.5, 0.6) is 0 Å². The van der Waals surface area contributed by atoms with E-state index in [4.69, 9.17) is 0 Å². The van der Waals surface area contributed by atoms with Gasteiger partial charge in [-0.15, -0.1) is 0 Å². The van der Waals surface area contributed by atoms with Crippen molar-refractivity contribution in [2.24, 2.45) is 7.05 Å². The molecule has 0 fully saturated rings. The number of carbonyl (C=O) groups excluding carboxylic acids is 1. The van der Waals surface area contributed by atoms with Crippen molar-refractivity contribution in [3.8, 4) is 5.82 Å². The number of nitrogens with one attached hydrogen (secondary N) is 2. The van der Waals surface area contributed by atoms with Crippen molar-refractivity contribution in [2.45, 2.75) is 26.8 Å². The average molecular weight is 339 g/mol. The summed E-state index contributed by atoms with van der Waals surface area (Å²) in [5.41, 5.74) is 3.60. The normalized spacial score (nSPS) is 12.0. The minimum atomic E-state index is -0.288. The second kappa shape index (κ2) is 6.76. The van der Waals surface area contributed by atoms with E-state index >= 15 is 0 Å². The van der Waals surface area contributed by atoms with Gasteiger partial charge in [0, 0.05) is 30.7 Å². The molecule has 3 heterocycles. The number of urea groups is 1. The number of anilines is 1. The molecule has 3 aromatic rings. The number of aromatic nitrogens is 5. The van der Waals surface area contributed by atoms with E-state index in [1.54, 1.807) is 29.2 Å². The fourth-order valence-electron chi connectivity index (χ4n) is 2.85. The zero-order valence-corrected chi connectivity index (χ0v) is 14.7. The van der Waals surface area contributed by atoms with Crippen molar-refractivity contribution < 1.29 is 4.79 Å². The molecular weight excluding hydrogens is 318 g/mol. The maximum atomic E-state index is 12.2. The van der Waals surface area contributed by atoms with Gasteiger partial charge in [-0.1, -0.05) is 0 Å². The summed E-state index contributed by atoms with van der Waals surface area (Å²) < 4.78 is 3.47. The van der Waals surface area contributed by atoms with Crippen molar-refractivity contribution in [1.29, 1.82) is 0 Å². The third-order valence-electron chi connectivity index (χ3n) is 4.09. The highest BCUT2D eigenvalue weighted by molar-refractivity contribution is 5.89. The predicted octanol–water partition coefficient (Wildman–Crippen LogP) is 2.50. The Labute approximate surface area is 145 Å². The van der Waals surface area contributed by atoms with Crippen molar-refractivity contribution in [2.75, 3.05) is 5.32 Å². The first-order chi connectivity index (χ1) is 12.0. The van der Waals surface area contributed by atoms with Crippen LogP contribution in [0.25, 0.3) is 5.82 Å². The van der Waals surface area contributed by atoms with Gasteiger partial charge in [-0.2, -0.15) is 10.2 Å². The van der Waals surface area contributed by atoms with Crippen LogP contribution in [0.1, 0.15) is 29.9 Å². The summed E-state index contributed by atoms with van der Waals surface area (Å²) in [6, 6.07) is 4.97. The molecular formula is C17H21N7O. The summed E-state index contributed by atoms with van der Waals surface area (Å²) in [5, 5.41) is 14.2. The highest BCUT2D eigenvalue weighted by atomic mass is 16.2. The lowest BCUT2D eigenvalue weighted by Crippen LogP contribution is -2.31. The van der Waals surface area contributed by atoms with E-state index in [9.17, 15) is 4.79 Å². The second-order valence-corrected chi connectivity index (χ2v) is 5.88. The SMILES string of the molecule is Cc1nn(C)c(C)c1C(C)NC(=O)Nc1ccc(-n2cccn2)nc1. The summed E-state index contributed by atoms with van der Waals surface area (Å²) in [7, 11) is 1.89. The van der Waals surface area contributed by atoms with Gasteiger partial charge in [-0.3, -0.25) is 4.68 Å². The van der Waals surface area contributed by atoms with Gasteiger partial charge in [-0.05, 0) is 39.0 Å². The number of nitrogens with zero attached hydrogens (tertiary/aromatic N) is 5. The van der Waals surface area contributed by atoms with Gasteiger partial charge in [0.1, 0.15) is 0 Å². The van der Waals surface area contributed by atoms with Gasteiger partial charge in [-0.25, -0.2) is 14.5 Å². The Bertz CT molecular complexity index is 865. The molecule has 2 amide bonds. The lowest BCUT2D eigenvalue weighted by Gasteiger charge is -2.15. The van der Waals surface area contributed by atoms with Crippen LogP contribution in [0.15, 0.2) is 36.8 Å². The highest BCUT2D eigenvalue weighted by Crippen LogP contribution is 2.20. The van der Waals surface area contributed by atoms with E-state index in [-0.39, 0.29) is 12.1 Å². The molecule has 8 nitrogen and oxygen atoms in total. The van der Waals surface area contributed by atoms with Crippen LogP contribution in [0.4, 0.5) is 10.5 Å². The van der Waals surface area contributed by atoms with E-state index < -0.39 is 0 Å². The van der Waals surface area contributed by atoms with Crippen LogP contribution in [0, 0.1) is 13.8 Å². The molecule has 0 bridgehead atoms. The van der Waals surface area contributed by atoms with E-state index in [1.807, 2.05) is 44.8 Å². The Morgan fingerprint density at radius 3 is 2.64 bits per heavy atom. The van der Waals surface area contributed by atoms with Gasteiger partial charge >= 0.3 is 6.03 Å². The first kappa shape index (κ1) is 16.7. The van der Waals surface area contributed by atoms with Gasteiger partial charge in [0.05, 0.1) is 23.6 Å². The lowest BCUT2D eigenvalue weighted by atomic mass is 10.1. The molecule has 0 aliphatic carbocycles. The number of rotatable bonds is 4. The molecule has 130 valence electrons. The van der Waals surface area contributed by atoms with E-state index in [2.05, 4.69) is 25.8 Å². The fourth-order valence-corrected chi connectivity index (χ4v) is 2.85. The molecule has 0 aliphatic rings. The molecule has 8 heteroatoms. The van der Waals surface area contributed by atoms with Crippen LogP contribution in [0.2, 0.25) is 0 Å². The highest BCUT2D eigenvalue weighted by Gasteiger charge is 2.18. The smallest absolute Gasteiger partial charge is 0.319 e. The van der Waals surface area contributed by atoms with Crippen molar-refractivity contribution in [3.05, 3.63) is 53.7 Å². The maximum Gasteiger partial charge on any atom is 0.319 e. The summed E-state index contributed by atoms with van der Waals surface area (Å²) in [6.45, 7) is 5.87. The number of hydrogen-bond donors (Lipinski definition) is 2. The standard InChI is InChI=1S/C17H21N7O/c1-11(16-12(2)22-23(4)13(16)3)20-17(25)21-14-6-7-15(18-10-14)24-9-5-8-19-24/h5-11H,1-4H3,(H2,20,21,25). The zero-order valence-electron chi connectivity index (χ0n) is 14.7. The van der Waals surface area contributed by atoms with Gasteiger partial charge < -0.3 is 10.6 Å². The minimum Gasteiger partial charge on any atom is -0.331 e. The quantitative estimate of drug-likeness (QED) is 0.764. The topological polar surface area (TPSA) is 89.7 Å². The molecule has 0 aliphatic heterocycles. The molecule has 1 atom stereocenters. The average Bonchev–Trinajstić information content (AvgIpc) is 3.17. The van der Waals surface area contributed by atoms with Gasteiger partial charge in [0.2, 0.25) is 0 Å². The van der Waals surface area contributed by atoms with Gasteiger partial charge in [0.15, 0.2) is 5.82 Å². The third-order valence-corrected chi connectivity index (χ3v) is 4.09. The molecule has 25 heavy (non-hydrogen) atoms. The number of aryl methyl sites for hydroxylation is 2. The van der Waals surface area contributed by atoms with Crippen LogP contribution in [-0.4, -0.2) is 30.6 Å². The van der Waals surface area contributed by atoms with E-state index in [1.165, 1.54) is 0 Å². The van der Waals surface area contributed by atoms with E-state index in [0.29, 0.717) is 11.5 Å². The molecule has 0 spiro atoms. The zero-order chi connectivity index (χ0) is 18.0. The summed E-state index contributed by atoms with van der Waals surface area (Å²) in [4.78, 5) is 16.5. The number of amides is 2. The van der Waals surface area contributed by atoms with E-state index in [0.717, 1.165) is 17.0 Å². The Morgan fingerprint density at radius 1 is 1.28 bits per heavy atom. The number of pyridine rings is 1. The predicted molar refractivity (Wildman–Crippen MR) is 94.6 cm³/mol. The monoisotopic (exact) mass is 339 g/mol. The first-order valence-electron chi connectivity index (χ1n) is 7.99. The molecule has 2 N–H and O–H groups in total. The van der Waals surface area contributed by atoms with Crippen molar-refractivity contribution in [3.63, 3.8) is 0 Å². The molecule has 3 aromatic heterocycles. The summed E-state index contributed by atoms with van der Waals surface area (Å²) in [6.07, 6.45) is 5.09. The summed E-state index contributed by atoms with van der Waals surface area (Å²) >= 11 is 0. The Morgan fingerprint density at radius 2 is 2.08 bits per heavy atom. The minimum absolute atomic E-state index is 0.148. The van der Waals surface area contributed by atoms with Crippen LogP contribution in [0.3, 0.4) is 0 Å². The maximum absolute atomic E-state index is 12.2. The Kier molecular flexibility index (Phi) is 4.51. The Hall–Kier alpha value is -3.16. The third kappa shape index (κ3) is 3.52. The van der Waals surface area contributed by atoms with Crippen LogP contribution >= 0.6 is 0 Å². The number of hydrogen-bond acceptors (Lipinski definition) is 4. The Balaban J connectivity index is 1.64. The summed E-state index contributed by atoms with van der Waals surface area (Å²) in [5.74, 6) is 0.686. The van der Waals surface area contributed by atoms with Crippen molar-refractivity contribution in [1.82, 2.24) is 29.9 Å². The lowest BCUT2D eigenvalue weighted by molar-refractivity contribution is 0.249. The fraction of sp³-hybridized carbons (Fsp3) is 0.294. The molecule has 0 saturated carbocycles. The van der Waals surface area contributed by atoms with Crippen LogP contribution < -0.4 is 10.6 Å². The molecule has 0 aromatic carbocycles. The molecule has 3 rings (SSSR count). The molecule has 0 radical (unpaired) electrons. The van der Waals surface area contributed by atoms with Gasteiger partial charge in [0.25, 0.3) is 0 Å². The van der Waals surface area contributed by atoms with Crippen molar-refractivity contribution >= 4 is 11.7 Å². The molecule has 1 unspecified atom stereocenters. The van der Waals surface area contributed by atoms with Crippen LogP contribution in [-0.2, 0) is 7.05 Å². The first-order valence-corrected chi connectivity index (χ1v) is 7.99. The second-order valence-electron chi connectivity index (χ2n) is 5.88. The number of carbonyl (C=O) groups is 1. The largest absolute Gasteiger partial charge is 0.331 e. The molecule has 0 saturated heterocycles.